The minimum absolute atomic E-state index is 0.0925. The molecule has 0 spiro atoms. The van der Waals surface area contributed by atoms with Gasteiger partial charge in [0, 0.05) is 25.0 Å². The van der Waals surface area contributed by atoms with Gasteiger partial charge in [0.15, 0.2) is 5.82 Å². The van der Waals surface area contributed by atoms with Crippen molar-refractivity contribution < 1.29 is 13.2 Å². The number of nitriles is 1. The number of benzene rings is 1. The highest BCUT2D eigenvalue weighted by atomic mass is 32.2. The fraction of sp³-hybridized carbons (Fsp3) is 0.458. The molecule has 1 atom stereocenters. The van der Waals surface area contributed by atoms with Crippen LogP contribution in [-0.2, 0) is 14.8 Å². The third kappa shape index (κ3) is 4.57. The van der Waals surface area contributed by atoms with Crippen LogP contribution in [0.5, 0.6) is 0 Å². The number of aromatic amines is 1. The molecule has 3 aromatic rings. The molecule has 10 nitrogen and oxygen atoms in total. The number of morpholine rings is 1. The Hall–Kier alpha value is -3.20. The van der Waals surface area contributed by atoms with Crippen molar-refractivity contribution >= 4 is 32.4 Å². The van der Waals surface area contributed by atoms with Crippen LogP contribution in [0.3, 0.4) is 0 Å². The maximum absolute atomic E-state index is 13.1. The largest absolute Gasteiger partial charge is 0.373 e. The summed E-state index contributed by atoms with van der Waals surface area (Å²) in [4.78, 5) is 15.6. The summed E-state index contributed by atoms with van der Waals surface area (Å²) >= 11 is 0. The van der Waals surface area contributed by atoms with Crippen LogP contribution >= 0.6 is 0 Å². The predicted molar refractivity (Wildman–Crippen MR) is 131 cm³/mol. The number of anilines is 2. The van der Waals surface area contributed by atoms with Gasteiger partial charge < -0.3 is 15.0 Å². The standard InChI is InChI=1S/C24H28N6O4S/c1-24(2)15-29(13-14-34-24)35(32,33)18-7-5-17(6-8-18)27-22-21-20(10-12-26-23(21)31)30(28-22)19(9-11-25)16-3-4-16/h5-8,10,12,16,19H,3-4,9,13-15H2,1-2H3,(H,26,31)(H,27,28). The minimum Gasteiger partial charge on any atom is -0.373 e. The summed E-state index contributed by atoms with van der Waals surface area (Å²) in [6.45, 7) is 4.69. The van der Waals surface area contributed by atoms with Crippen molar-refractivity contribution in [2.75, 3.05) is 25.0 Å². The summed E-state index contributed by atoms with van der Waals surface area (Å²) in [7, 11) is -3.66. The first-order valence-corrected chi connectivity index (χ1v) is 13.1. The molecule has 5 rings (SSSR count). The van der Waals surface area contributed by atoms with E-state index in [1.54, 1.807) is 41.2 Å². The van der Waals surface area contributed by atoms with Crippen molar-refractivity contribution in [2.24, 2.45) is 5.92 Å². The van der Waals surface area contributed by atoms with Crippen LogP contribution in [0.4, 0.5) is 11.5 Å². The minimum atomic E-state index is -3.66. The van der Waals surface area contributed by atoms with Gasteiger partial charge in [0.2, 0.25) is 10.0 Å². The van der Waals surface area contributed by atoms with E-state index in [-0.39, 0.29) is 23.0 Å². The van der Waals surface area contributed by atoms with Crippen molar-refractivity contribution in [3.05, 3.63) is 46.9 Å². The summed E-state index contributed by atoms with van der Waals surface area (Å²) in [6, 6.07) is 10.4. The third-order valence-corrected chi connectivity index (χ3v) is 8.42. The number of fused-ring (bicyclic) bond motifs is 1. The fourth-order valence-corrected chi connectivity index (χ4v) is 6.22. The average Bonchev–Trinajstić information content (AvgIpc) is 3.59. The van der Waals surface area contributed by atoms with E-state index in [2.05, 4.69) is 21.5 Å². The molecule has 0 radical (unpaired) electrons. The van der Waals surface area contributed by atoms with Gasteiger partial charge in [-0.15, -0.1) is 0 Å². The highest BCUT2D eigenvalue weighted by molar-refractivity contribution is 7.89. The van der Waals surface area contributed by atoms with Crippen LogP contribution in [0.25, 0.3) is 10.9 Å². The van der Waals surface area contributed by atoms with Crippen LogP contribution in [-0.4, -0.2) is 52.8 Å². The quantitative estimate of drug-likeness (QED) is 0.513. The molecule has 1 saturated heterocycles. The van der Waals surface area contributed by atoms with Crippen molar-refractivity contribution in [1.82, 2.24) is 19.1 Å². The van der Waals surface area contributed by atoms with E-state index < -0.39 is 15.6 Å². The zero-order chi connectivity index (χ0) is 24.8. The van der Waals surface area contributed by atoms with Crippen molar-refractivity contribution in [3.8, 4) is 6.07 Å². The Kier molecular flexibility index (Phi) is 5.91. The predicted octanol–water partition coefficient (Wildman–Crippen LogP) is 3.13. The number of sulfonamides is 1. The van der Waals surface area contributed by atoms with Gasteiger partial charge in [-0.2, -0.15) is 14.7 Å². The third-order valence-electron chi connectivity index (χ3n) is 6.56. The van der Waals surface area contributed by atoms with Crippen LogP contribution in [0, 0.1) is 17.2 Å². The van der Waals surface area contributed by atoms with E-state index in [4.69, 9.17) is 4.74 Å². The van der Waals surface area contributed by atoms with Gasteiger partial charge >= 0.3 is 0 Å². The van der Waals surface area contributed by atoms with Crippen LogP contribution in [0.2, 0.25) is 0 Å². The molecule has 1 aliphatic heterocycles. The second kappa shape index (κ2) is 8.78. The normalized spacial score (nSPS) is 19.3. The average molecular weight is 497 g/mol. The maximum atomic E-state index is 13.1. The molecular weight excluding hydrogens is 468 g/mol. The van der Waals surface area contributed by atoms with E-state index in [9.17, 15) is 18.5 Å². The summed E-state index contributed by atoms with van der Waals surface area (Å²) in [6.07, 6.45) is 3.97. The number of hydrogen-bond donors (Lipinski definition) is 2. The van der Waals surface area contributed by atoms with E-state index in [0.29, 0.717) is 47.9 Å². The van der Waals surface area contributed by atoms with Gasteiger partial charge in [0.25, 0.3) is 5.56 Å². The van der Waals surface area contributed by atoms with E-state index in [0.717, 1.165) is 12.8 Å². The number of aromatic nitrogens is 3. The second-order valence-corrected chi connectivity index (χ2v) is 11.7. The molecule has 2 aliphatic rings. The zero-order valence-corrected chi connectivity index (χ0v) is 20.5. The fourth-order valence-electron chi connectivity index (χ4n) is 4.64. The maximum Gasteiger partial charge on any atom is 0.261 e. The van der Waals surface area contributed by atoms with E-state index in [1.807, 2.05) is 13.8 Å². The molecule has 1 aliphatic carbocycles. The summed E-state index contributed by atoms with van der Waals surface area (Å²) in [5, 5.41) is 17.6. The Bertz CT molecular complexity index is 1450. The number of nitrogens with one attached hydrogen (secondary N) is 2. The highest BCUT2D eigenvalue weighted by Crippen LogP contribution is 2.43. The van der Waals surface area contributed by atoms with Crippen LogP contribution < -0.4 is 10.9 Å². The SMILES string of the molecule is CC1(C)CN(S(=O)(=O)c2ccc(Nc3nn(C(CC#N)C4CC4)c4cc[nH]c(=O)c34)cc2)CCO1. The topological polar surface area (TPSA) is 133 Å². The Morgan fingerprint density at radius 3 is 2.69 bits per heavy atom. The van der Waals surface area contributed by atoms with Crippen molar-refractivity contribution in [3.63, 3.8) is 0 Å². The molecule has 11 heteroatoms. The molecule has 2 aromatic heterocycles. The lowest BCUT2D eigenvalue weighted by atomic mass is 10.1. The Morgan fingerprint density at radius 2 is 2.03 bits per heavy atom. The Morgan fingerprint density at radius 1 is 1.29 bits per heavy atom. The van der Waals surface area contributed by atoms with E-state index >= 15 is 0 Å². The molecule has 0 amide bonds. The molecule has 2 N–H and O–H groups in total. The molecule has 0 bridgehead atoms. The van der Waals surface area contributed by atoms with Gasteiger partial charge in [-0.25, -0.2) is 8.42 Å². The summed E-state index contributed by atoms with van der Waals surface area (Å²) < 4.78 is 35.1. The molecular formula is C24H28N6O4S. The molecule has 3 heterocycles. The number of hydrogen-bond acceptors (Lipinski definition) is 7. The first kappa shape index (κ1) is 23.5. The first-order chi connectivity index (χ1) is 16.7. The van der Waals surface area contributed by atoms with Gasteiger partial charge in [0.05, 0.1) is 41.2 Å². The second-order valence-electron chi connectivity index (χ2n) is 9.72. The van der Waals surface area contributed by atoms with Gasteiger partial charge in [-0.05, 0) is 62.9 Å². The molecule has 1 saturated carbocycles. The Balaban J connectivity index is 1.44. The number of nitrogens with zero attached hydrogens (tertiary/aromatic N) is 4. The number of H-pyrrole nitrogens is 1. The first-order valence-electron chi connectivity index (χ1n) is 11.7. The highest BCUT2D eigenvalue weighted by Gasteiger charge is 2.36. The van der Waals surface area contributed by atoms with Gasteiger partial charge in [-0.1, -0.05) is 0 Å². The van der Waals surface area contributed by atoms with Crippen molar-refractivity contribution in [1.29, 1.82) is 5.26 Å². The Labute approximate surface area is 203 Å². The monoisotopic (exact) mass is 496 g/mol. The van der Waals surface area contributed by atoms with Gasteiger partial charge in [0.1, 0.15) is 5.39 Å². The zero-order valence-electron chi connectivity index (χ0n) is 19.7. The molecule has 184 valence electrons. The lowest BCUT2D eigenvalue weighted by Gasteiger charge is -2.37. The number of rotatable bonds is 7. The lowest BCUT2D eigenvalue weighted by molar-refractivity contribution is -0.0640. The molecule has 2 fully saturated rings. The van der Waals surface area contributed by atoms with Crippen molar-refractivity contribution in [2.45, 2.75) is 49.6 Å². The van der Waals surface area contributed by atoms with Gasteiger partial charge in [-0.3, -0.25) is 9.48 Å². The number of pyridine rings is 1. The van der Waals surface area contributed by atoms with Crippen LogP contribution in [0.15, 0.2) is 46.2 Å². The molecule has 35 heavy (non-hydrogen) atoms. The lowest BCUT2D eigenvalue weighted by Crippen LogP contribution is -2.50. The smallest absolute Gasteiger partial charge is 0.261 e. The molecule has 1 unspecified atom stereocenters. The summed E-state index contributed by atoms with van der Waals surface area (Å²) in [5.41, 5.74) is 0.447. The van der Waals surface area contributed by atoms with Crippen LogP contribution in [0.1, 0.15) is 39.2 Å². The number of ether oxygens (including phenoxy) is 1. The summed E-state index contributed by atoms with van der Waals surface area (Å²) in [5.74, 6) is 0.746. The van der Waals surface area contributed by atoms with E-state index in [1.165, 1.54) is 4.31 Å². The molecule has 1 aromatic carbocycles.